The lowest BCUT2D eigenvalue weighted by Gasteiger charge is -2.31. The van der Waals surface area contributed by atoms with Crippen molar-refractivity contribution in [2.75, 3.05) is 13.7 Å². The lowest BCUT2D eigenvalue weighted by Crippen LogP contribution is -2.57. The lowest BCUT2D eigenvalue weighted by atomic mass is 9.83. The van der Waals surface area contributed by atoms with Crippen LogP contribution in [0.15, 0.2) is 30.3 Å². The van der Waals surface area contributed by atoms with Crippen molar-refractivity contribution in [3.8, 4) is 0 Å². The molecule has 0 radical (unpaired) electrons. The second-order valence-corrected chi connectivity index (χ2v) is 11.4. The third-order valence-corrected chi connectivity index (χ3v) is 7.43. The number of amides is 3. The fourth-order valence-electron chi connectivity index (χ4n) is 5.14. The average Bonchev–Trinajstić information content (AvgIpc) is 2.96. The molecule has 2 rings (SSSR count). The van der Waals surface area contributed by atoms with Crippen molar-refractivity contribution in [1.29, 1.82) is 0 Å². The van der Waals surface area contributed by atoms with E-state index >= 15 is 0 Å². The molecule has 2 unspecified atom stereocenters. The second kappa shape index (κ2) is 18.3. The van der Waals surface area contributed by atoms with E-state index in [4.69, 9.17) is 9.47 Å². The van der Waals surface area contributed by atoms with E-state index in [1.165, 1.54) is 7.11 Å². The molecule has 10 nitrogen and oxygen atoms in total. The van der Waals surface area contributed by atoms with Gasteiger partial charge in [0.25, 0.3) is 0 Å². The first-order chi connectivity index (χ1) is 19.6. The number of benzene rings is 1. The Morgan fingerprint density at radius 3 is 2.22 bits per heavy atom. The monoisotopic (exact) mass is 575 g/mol. The Labute approximate surface area is 244 Å². The Kier molecular flexibility index (Phi) is 15.2. The van der Waals surface area contributed by atoms with Crippen LogP contribution in [0.25, 0.3) is 0 Å². The first-order valence-electron chi connectivity index (χ1n) is 15.0. The quantitative estimate of drug-likeness (QED) is 0.174. The molecule has 0 bridgehead atoms. The van der Waals surface area contributed by atoms with Gasteiger partial charge in [-0.1, -0.05) is 89.6 Å². The van der Waals surface area contributed by atoms with E-state index < -0.39 is 48.1 Å². The third-order valence-electron chi connectivity index (χ3n) is 7.43. The molecule has 1 saturated carbocycles. The number of aliphatic hydroxyl groups excluding tert-OH is 1. The molecular weight excluding hydrogens is 526 g/mol. The van der Waals surface area contributed by atoms with Gasteiger partial charge in [-0.2, -0.15) is 0 Å². The fraction of sp³-hybridized carbons (Fsp3) is 0.677. The third kappa shape index (κ3) is 12.5. The Balaban J connectivity index is 2.20. The van der Waals surface area contributed by atoms with Gasteiger partial charge in [-0.25, -0.2) is 9.59 Å². The molecule has 0 aromatic heterocycles. The van der Waals surface area contributed by atoms with Crippen molar-refractivity contribution >= 4 is 23.9 Å². The number of ether oxygens (including phenoxy) is 2. The maximum absolute atomic E-state index is 13.6. The molecule has 1 aromatic carbocycles. The van der Waals surface area contributed by atoms with Crippen LogP contribution >= 0.6 is 0 Å². The van der Waals surface area contributed by atoms with Crippen molar-refractivity contribution in [2.45, 2.75) is 109 Å². The number of esters is 1. The van der Waals surface area contributed by atoms with Crippen LogP contribution in [0, 0.1) is 11.8 Å². The lowest BCUT2D eigenvalue weighted by molar-refractivity contribution is -0.153. The summed E-state index contributed by atoms with van der Waals surface area (Å²) < 4.78 is 9.97. The Morgan fingerprint density at radius 1 is 0.951 bits per heavy atom. The molecular formula is C31H49N3O7. The molecule has 0 spiro atoms. The maximum atomic E-state index is 13.6. The van der Waals surface area contributed by atoms with Gasteiger partial charge < -0.3 is 30.5 Å². The van der Waals surface area contributed by atoms with E-state index in [0.29, 0.717) is 19.3 Å². The van der Waals surface area contributed by atoms with Crippen molar-refractivity contribution < 1.29 is 33.8 Å². The molecule has 4 N–H and O–H groups in total. The number of aliphatic hydroxyl groups is 1. The van der Waals surface area contributed by atoms with Crippen molar-refractivity contribution in [3.63, 3.8) is 0 Å². The highest BCUT2D eigenvalue weighted by Crippen LogP contribution is 2.28. The van der Waals surface area contributed by atoms with E-state index in [1.54, 1.807) is 0 Å². The minimum absolute atomic E-state index is 0.0490. The van der Waals surface area contributed by atoms with E-state index in [9.17, 15) is 24.3 Å². The van der Waals surface area contributed by atoms with Crippen LogP contribution in [0.5, 0.6) is 0 Å². The molecule has 0 saturated heterocycles. The number of carbonyl (C=O) groups excluding carboxylic acids is 4. The number of rotatable bonds is 16. The number of hydrogen-bond donors (Lipinski definition) is 4. The molecule has 1 fully saturated rings. The van der Waals surface area contributed by atoms with Crippen molar-refractivity contribution in [2.24, 2.45) is 11.8 Å². The van der Waals surface area contributed by atoms with Crippen LogP contribution in [0.2, 0.25) is 0 Å². The summed E-state index contributed by atoms with van der Waals surface area (Å²) in [6.45, 7) is 6.09. The topological polar surface area (TPSA) is 143 Å². The number of hydrogen-bond acceptors (Lipinski definition) is 7. The predicted molar refractivity (Wildman–Crippen MR) is 156 cm³/mol. The second-order valence-electron chi connectivity index (χ2n) is 11.4. The zero-order valence-electron chi connectivity index (χ0n) is 25.0. The SMILES string of the molecule is CCCCOC(=O)N[C@@H](Cc1ccccc1)C(=O)N[C@@H](CC(C)C)C(=O)NC(CC1CCCCC1)C(O)C(=O)OC. The molecule has 3 amide bonds. The van der Waals surface area contributed by atoms with Gasteiger partial charge >= 0.3 is 12.1 Å². The highest BCUT2D eigenvalue weighted by molar-refractivity contribution is 5.92. The summed E-state index contributed by atoms with van der Waals surface area (Å²) in [5.74, 6) is -1.53. The number of unbranched alkanes of at least 4 members (excludes halogenated alkanes) is 1. The minimum atomic E-state index is -1.52. The summed E-state index contributed by atoms with van der Waals surface area (Å²) in [4.78, 5) is 51.7. The molecule has 4 atom stereocenters. The summed E-state index contributed by atoms with van der Waals surface area (Å²) in [7, 11) is 1.19. The zero-order chi connectivity index (χ0) is 30.2. The van der Waals surface area contributed by atoms with Crippen molar-refractivity contribution in [1.82, 2.24) is 16.0 Å². The summed E-state index contributed by atoms with van der Waals surface area (Å²) in [6, 6.07) is 6.48. The van der Waals surface area contributed by atoms with Crippen LogP contribution in [0.3, 0.4) is 0 Å². The molecule has 41 heavy (non-hydrogen) atoms. The van der Waals surface area contributed by atoms with Gasteiger partial charge in [-0.05, 0) is 36.7 Å². The van der Waals surface area contributed by atoms with Gasteiger partial charge in [-0.3, -0.25) is 9.59 Å². The van der Waals surface area contributed by atoms with E-state index in [2.05, 4.69) is 16.0 Å². The zero-order valence-corrected chi connectivity index (χ0v) is 25.0. The molecule has 1 aliphatic rings. The summed E-state index contributed by atoms with van der Waals surface area (Å²) in [6.07, 6.45) is 5.54. The summed E-state index contributed by atoms with van der Waals surface area (Å²) >= 11 is 0. The fourth-order valence-corrected chi connectivity index (χ4v) is 5.14. The normalized spacial score (nSPS) is 16.6. The minimum Gasteiger partial charge on any atom is -0.467 e. The van der Waals surface area contributed by atoms with Crippen LogP contribution in [0.1, 0.15) is 84.1 Å². The van der Waals surface area contributed by atoms with Gasteiger partial charge in [0, 0.05) is 6.42 Å². The van der Waals surface area contributed by atoms with Gasteiger partial charge in [-0.15, -0.1) is 0 Å². The average molecular weight is 576 g/mol. The number of methoxy groups -OCH3 is 1. The number of nitrogens with one attached hydrogen (secondary N) is 3. The first-order valence-corrected chi connectivity index (χ1v) is 15.0. The smallest absolute Gasteiger partial charge is 0.407 e. The van der Waals surface area contributed by atoms with Crippen LogP contribution in [-0.2, 0) is 30.3 Å². The molecule has 10 heteroatoms. The van der Waals surface area contributed by atoms with Crippen LogP contribution in [0.4, 0.5) is 4.79 Å². The molecule has 1 aromatic rings. The predicted octanol–water partition coefficient (Wildman–Crippen LogP) is 3.64. The summed E-state index contributed by atoms with van der Waals surface area (Å²) in [5.41, 5.74) is 0.833. The maximum Gasteiger partial charge on any atom is 0.407 e. The molecule has 1 aliphatic carbocycles. The van der Waals surface area contributed by atoms with Crippen LogP contribution < -0.4 is 16.0 Å². The molecule has 0 heterocycles. The highest BCUT2D eigenvalue weighted by Gasteiger charge is 2.34. The first kappa shape index (κ1) is 34.1. The van der Waals surface area contributed by atoms with Gasteiger partial charge in [0.15, 0.2) is 6.10 Å². The van der Waals surface area contributed by atoms with Gasteiger partial charge in [0.1, 0.15) is 12.1 Å². The van der Waals surface area contributed by atoms with Gasteiger partial charge in [0.2, 0.25) is 11.8 Å². The Bertz CT molecular complexity index is 950. The van der Waals surface area contributed by atoms with Crippen LogP contribution in [-0.4, -0.2) is 66.9 Å². The molecule has 230 valence electrons. The van der Waals surface area contributed by atoms with Crippen molar-refractivity contribution in [3.05, 3.63) is 35.9 Å². The van der Waals surface area contributed by atoms with Gasteiger partial charge in [0.05, 0.1) is 19.8 Å². The highest BCUT2D eigenvalue weighted by atomic mass is 16.5. The largest absolute Gasteiger partial charge is 0.467 e. The Hall–Kier alpha value is -3.14. The number of carbonyl (C=O) groups is 4. The molecule has 0 aliphatic heterocycles. The van der Waals surface area contributed by atoms with E-state index in [0.717, 1.165) is 44.1 Å². The standard InChI is InChI=1S/C31H49N3O7/c1-5-6-17-41-31(39)34-26(20-23-15-11-8-12-16-23)29(37)33-25(18-21(2)3)28(36)32-24(27(35)30(38)40-4)19-22-13-9-7-10-14-22/h8,11-12,15-16,21-22,24-27,35H,5-7,9-10,13-14,17-20H2,1-4H3,(H,32,36)(H,33,37)(H,34,39)/t24?,25-,26-,27?/m0/s1. The Morgan fingerprint density at radius 2 is 1.61 bits per heavy atom. The van der Waals surface area contributed by atoms with E-state index in [-0.39, 0.29) is 24.9 Å². The number of alkyl carbamates (subject to hydrolysis) is 1. The van der Waals surface area contributed by atoms with E-state index in [1.807, 2.05) is 51.1 Å². The summed E-state index contributed by atoms with van der Waals surface area (Å²) in [5, 5.41) is 19.0.